The van der Waals surface area contributed by atoms with Crippen LogP contribution < -0.4 is 4.74 Å². The number of hydrogen-bond donors (Lipinski definition) is 0. The highest BCUT2D eigenvalue weighted by Crippen LogP contribution is 2.32. The van der Waals surface area contributed by atoms with Gasteiger partial charge in [-0.2, -0.15) is 5.10 Å². The molecule has 168 valence electrons. The second-order valence-electron chi connectivity index (χ2n) is 7.87. The maximum absolute atomic E-state index is 13.7. The molecule has 0 spiro atoms. The second-order valence-corrected chi connectivity index (χ2v) is 7.87. The van der Waals surface area contributed by atoms with E-state index in [-0.39, 0.29) is 30.1 Å². The summed E-state index contributed by atoms with van der Waals surface area (Å²) in [7, 11) is 0. The fraction of sp³-hybridized carbons (Fsp3) is 0.250. The van der Waals surface area contributed by atoms with E-state index < -0.39 is 0 Å². The van der Waals surface area contributed by atoms with E-state index >= 15 is 0 Å². The summed E-state index contributed by atoms with van der Waals surface area (Å²) in [5.41, 5.74) is 1.88. The molecule has 0 N–H and O–H groups in total. The van der Waals surface area contributed by atoms with Crippen molar-refractivity contribution in [3.63, 3.8) is 0 Å². The average Bonchev–Trinajstić information content (AvgIpc) is 3.55. The molecule has 5 rings (SSSR count). The Labute approximate surface area is 189 Å². The number of benzene rings is 2. The number of ether oxygens (including phenoxy) is 1. The Kier molecular flexibility index (Phi) is 5.84. The molecule has 1 aliphatic rings. The number of amides is 1. The zero-order valence-electron chi connectivity index (χ0n) is 17.8. The topological polar surface area (TPSA) is 86.3 Å². The Morgan fingerprint density at radius 2 is 2.03 bits per heavy atom. The van der Waals surface area contributed by atoms with E-state index in [1.807, 2.05) is 30.3 Å². The minimum Gasteiger partial charge on any atom is -0.486 e. The molecule has 1 atom stereocenters. The molecule has 1 unspecified atom stereocenters. The van der Waals surface area contributed by atoms with Crippen LogP contribution in [0.25, 0.3) is 5.69 Å². The largest absolute Gasteiger partial charge is 0.486 e. The van der Waals surface area contributed by atoms with Gasteiger partial charge in [0.1, 0.15) is 30.8 Å². The van der Waals surface area contributed by atoms with Crippen LogP contribution in [-0.4, -0.2) is 37.3 Å². The number of rotatable bonds is 6. The molecular formula is C24H22FN5O3. The third-order valence-electron chi connectivity index (χ3n) is 5.68. The molecule has 8 nitrogen and oxygen atoms in total. The van der Waals surface area contributed by atoms with Crippen molar-refractivity contribution in [1.29, 1.82) is 0 Å². The highest BCUT2D eigenvalue weighted by atomic mass is 19.1. The van der Waals surface area contributed by atoms with E-state index in [4.69, 9.17) is 9.26 Å². The van der Waals surface area contributed by atoms with Crippen LogP contribution in [-0.2, 0) is 6.61 Å². The van der Waals surface area contributed by atoms with Gasteiger partial charge in [0.05, 0.1) is 11.7 Å². The lowest BCUT2D eigenvalue weighted by molar-refractivity contribution is 0.0600. The Balaban J connectivity index is 1.24. The van der Waals surface area contributed by atoms with Gasteiger partial charge >= 0.3 is 0 Å². The van der Waals surface area contributed by atoms with Crippen LogP contribution in [0.15, 0.2) is 71.8 Å². The minimum absolute atomic E-state index is 0.135. The number of carbonyl (C=O) groups is 1. The molecule has 0 bridgehead atoms. The molecule has 2 aromatic heterocycles. The standard InChI is InChI=1S/C24H22FN5O3/c25-18-5-3-4-17(12-18)23-6-1-2-11-29(23)24(31)22-13-21(33-28-22)14-32-20-9-7-19(8-10-20)30-16-26-15-27-30/h3-5,7-10,12-13,15-16,23H,1-2,6,11,14H2. The number of nitrogens with zero attached hydrogens (tertiary/aromatic N) is 5. The molecule has 0 aliphatic carbocycles. The quantitative estimate of drug-likeness (QED) is 0.437. The summed E-state index contributed by atoms with van der Waals surface area (Å²) >= 11 is 0. The van der Waals surface area contributed by atoms with Crippen LogP contribution >= 0.6 is 0 Å². The summed E-state index contributed by atoms with van der Waals surface area (Å²) in [5.74, 6) is 0.556. The van der Waals surface area contributed by atoms with Gasteiger partial charge in [0.2, 0.25) is 0 Å². The van der Waals surface area contributed by atoms with Crippen LogP contribution in [0.3, 0.4) is 0 Å². The number of hydrogen-bond acceptors (Lipinski definition) is 6. The van der Waals surface area contributed by atoms with Gasteiger partial charge in [0, 0.05) is 12.6 Å². The van der Waals surface area contributed by atoms with E-state index in [1.54, 1.807) is 28.0 Å². The first-order valence-corrected chi connectivity index (χ1v) is 10.8. The van der Waals surface area contributed by atoms with Crippen LogP contribution in [0.4, 0.5) is 4.39 Å². The van der Waals surface area contributed by atoms with Gasteiger partial charge in [-0.3, -0.25) is 4.79 Å². The van der Waals surface area contributed by atoms with Gasteiger partial charge in [0.25, 0.3) is 5.91 Å². The lowest BCUT2D eigenvalue weighted by Gasteiger charge is -2.35. The molecule has 33 heavy (non-hydrogen) atoms. The molecule has 1 fully saturated rings. The van der Waals surface area contributed by atoms with Gasteiger partial charge in [-0.1, -0.05) is 17.3 Å². The third kappa shape index (κ3) is 4.62. The predicted molar refractivity (Wildman–Crippen MR) is 116 cm³/mol. The minimum atomic E-state index is -0.305. The number of aromatic nitrogens is 4. The van der Waals surface area contributed by atoms with Crippen molar-refractivity contribution >= 4 is 5.91 Å². The summed E-state index contributed by atoms with van der Waals surface area (Å²) in [6.45, 7) is 0.729. The Morgan fingerprint density at radius 3 is 2.82 bits per heavy atom. The molecule has 0 radical (unpaired) electrons. The van der Waals surface area contributed by atoms with Crippen molar-refractivity contribution in [2.45, 2.75) is 31.9 Å². The first-order chi connectivity index (χ1) is 16.2. The van der Waals surface area contributed by atoms with Gasteiger partial charge in [0.15, 0.2) is 11.5 Å². The number of piperidine rings is 1. The lowest BCUT2D eigenvalue weighted by atomic mass is 9.95. The molecule has 0 saturated carbocycles. The zero-order chi connectivity index (χ0) is 22.6. The Bertz CT molecular complexity index is 1220. The van der Waals surface area contributed by atoms with Gasteiger partial charge in [-0.05, 0) is 61.2 Å². The maximum Gasteiger partial charge on any atom is 0.276 e. The van der Waals surface area contributed by atoms with Gasteiger partial charge in [-0.15, -0.1) is 0 Å². The molecule has 1 aliphatic heterocycles. The van der Waals surface area contributed by atoms with E-state index in [9.17, 15) is 9.18 Å². The lowest BCUT2D eigenvalue weighted by Crippen LogP contribution is -2.38. The van der Waals surface area contributed by atoms with Crippen molar-refractivity contribution in [1.82, 2.24) is 24.8 Å². The van der Waals surface area contributed by atoms with Gasteiger partial charge in [-0.25, -0.2) is 14.1 Å². The van der Waals surface area contributed by atoms with Crippen molar-refractivity contribution < 1.29 is 18.4 Å². The zero-order valence-corrected chi connectivity index (χ0v) is 17.8. The van der Waals surface area contributed by atoms with Crippen LogP contribution in [0, 0.1) is 5.82 Å². The van der Waals surface area contributed by atoms with Crippen molar-refractivity contribution in [3.05, 3.63) is 90.1 Å². The van der Waals surface area contributed by atoms with Crippen LogP contribution in [0.1, 0.15) is 47.1 Å². The fourth-order valence-electron chi connectivity index (χ4n) is 4.06. The number of carbonyl (C=O) groups excluding carboxylic acids is 1. The molecule has 9 heteroatoms. The first kappa shape index (κ1) is 20.9. The summed E-state index contributed by atoms with van der Waals surface area (Å²) in [4.78, 5) is 18.8. The van der Waals surface area contributed by atoms with E-state index in [1.165, 1.54) is 18.5 Å². The molecule has 1 saturated heterocycles. The van der Waals surface area contributed by atoms with Crippen LogP contribution in [0.5, 0.6) is 5.75 Å². The van der Waals surface area contributed by atoms with Crippen LogP contribution in [0.2, 0.25) is 0 Å². The van der Waals surface area contributed by atoms with E-state index in [0.717, 1.165) is 30.5 Å². The Morgan fingerprint density at radius 1 is 1.15 bits per heavy atom. The molecule has 2 aromatic carbocycles. The molecule has 3 heterocycles. The summed E-state index contributed by atoms with van der Waals surface area (Å²) in [6.07, 6.45) is 5.75. The Hall–Kier alpha value is -4.01. The number of halogens is 1. The average molecular weight is 447 g/mol. The fourth-order valence-corrected chi connectivity index (χ4v) is 4.06. The maximum atomic E-state index is 13.7. The smallest absolute Gasteiger partial charge is 0.276 e. The molecular weight excluding hydrogens is 425 g/mol. The number of likely N-dealkylation sites (tertiary alicyclic amines) is 1. The van der Waals surface area contributed by atoms with E-state index in [2.05, 4.69) is 15.2 Å². The van der Waals surface area contributed by atoms with Crippen molar-refractivity contribution in [2.75, 3.05) is 6.54 Å². The summed E-state index contributed by atoms with van der Waals surface area (Å²) < 4.78 is 26.5. The summed E-state index contributed by atoms with van der Waals surface area (Å²) in [6, 6.07) is 15.2. The normalized spacial score (nSPS) is 16.0. The van der Waals surface area contributed by atoms with Crippen molar-refractivity contribution in [3.8, 4) is 11.4 Å². The monoisotopic (exact) mass is 447 g/mol. The van der Waals surface area contributed by atoms with Gasteiger partial charge < -0.3 is 14.2 Å². The molecule has 4 aromatic rings. The molecule has 1 amide bonds. The summed E-state index contributed by atoms with van der Waals surface area (Å²) in [5, 5.41) is 8.04. The first-order valence-electron chi connectivity index (χ1n) is 10.8. The highest BCUT2D eigenvalue weighted by molar-refractivity contribution is 5.92. The predicted octanol–water partition coefficient (Wildman–Crippen LogP) is 4.34. The van der Waals surface area contributed by atoms with E-state index in [0.29, 0.717) is 18.1 Å². The van der Waals surface area contributed by atoms with Crippen molar-refractivity contribution in [2.24, 2.45) is 0 Å². The SMILES string of the molecule is O=C(c1cc(COc2ccc(-n3cncn3)cc2)on1)N1CCCCC1c1cccc(F)c1. The second kappa shape index (κ2) is 9.23. The third-order valence-corrected chi connectivity index (χ3v) is 5.68. The highest BCUT2D eigenvalue weighted by Gasteiger charge is 2.30.